The summed E-state index contributed by atoms with van der Waals surface area (Å²) < 4.78 is 6.67. The standard InChI is InChI=1S/C13H13N3OS/c1-8-7-14-12(17-8)9(2)15-13-16-10-5-3-4-6-11(10)18-13/h3-7,9H,1-2H3,(H,15,16). The van der Waals surface area contributed by atoms with Gasteiger partial charge in [0.15, 0.2) is 5.13 Å². The van der Waals surface area contributed by atoms with Crippen molar-refractivity contribution in [2.75, 3.05) is 5.32 Å². The zero-order chi connectivity index (χ0) is 12.5. The van der Waals surface area contributed by atoms with Gasteiger partial charge >= 0.3 is 0 Å². The molecule has 1 aromatic carbocycles. The van der Waals surface area contributed by atoms with E-state index in [0.29, 0.717) is 5.89 Å². The van der Waals surface area contributed by atoms with Crippen LogP contribution in [0.15, 0.2) is 34.9 Å². The first kappa shape index (κ1) is 11.2. The van der Waals surface area contributed by atoms with Crippen LogP contribution in [0.1, 0.15) is 24.6 Å². The van der Waals surface area contributed by atoms with Crippen LogP contribution in [0.5, 0.6) is 0 Å². The lowest BCUT2D eigenvalue weighted by atomic mass is 10.3. The van der Waals surface area contributed by atoms with Gasteiger partial charge in [0.2, 0.25) is 5.89 Å². The van der Waals surface area contributed by atoms with E-state index in [4.69, 9.17) is 4.42 Å². The van der Waals surface area contributed by atoms with E-state index in [2.05, 4.69) is 21.4 Å². The lowest BCUT2D eigenvalue weighted by Crippen LogP contribution is -2.06. The summed E-state index contributed by atoms with van der Waals surface area (Å²) in [6.45, 7) is 3.90. The number of nitrogens with one attached hydrogen (secondary N) is 1. The maximum Gasteiger partial charge on any atom is 0.216 e. The maximum absolute atomic E-state index is 5.49. The topological polar surface area (TPSA) is 51.0 Å². The molecule has 0 spiro atoms. The summed E-state index contributed by atoms with van der Waals surface area (Å²) in [5.41, 5.74) is 1.01. The smallest absolute Gasteiger partial charge is 0.216 e. The van der Waals surface area contributed by atoms with Crippen molar-refractivity contribution in [3.05, 3.63) is 42.1 Å². The fraction of sp³-hybridized carbons (Fsp3) is 0.231. The molecule has 2 heterocycles. The molecule has 92 valence electrons. The Morgan fingerprint density at radius 1 is 1.33 bits per heavy atom. The average Bonchev–Trinajstić information content (AvgIpc) is 2.94. The van der Waals surface area contributed by atoms with Crippen LogP contribution in [0.3, 0.4) is 0 Å². The van der Waals surface area contributed by atoms with Gasteiger partial charge in [-0.05, 0) is 26.0 Å². The Kier molecular flexibility index (Phi) is 2.76. The third-order valence-electron chi connectivity index (χ3n) is 2.64. The highest BCUT2D eigenvalue weighted by Crippen LogP contribution is 2.28. The second kappa shape index (κ2) is 4.42. The summed E-state index contributed by atoms with van der Waals surface area (Å²) in [6, 6.07) is 8.10. The average molecular weight is 259 g/mol. The molecule has 0 fully saturated rings. The number of nitrogens with zero attached hydrogens (tertiary/aromatic N) is 2. The molecule has 3 aromatic rings. The highest BCUT2D eigenvalue weighted by Gasteiger charge is 2.13. The Bertz CT molecular complexity index is 640. The molecule has 1 unspecified atom stereocenters. The van der Waals surface area contributed by atoms with E-state index in [0.717, 1.165) is 16.4 Å². The summed E-state index contributed by atoms with van der Waals surface area (Å²) in [5.74, 6) is 1.51. The van der Waals surface area contributed by atoms with Crippen molar-refractivity contribution in [3.63, 3.8) is 0 Å². The van der Waals surface area contributed by atoms with E-state index in [9.17, 15) is 0 Å². The Morgan fingerprint density at radius 3 is 2.89 bits per heavy atom. The second-order valence-electron chi connectivity index (χ2n) is 4.16. The Hall–Kier alpha value is -1.88. The number of hydrogen-bond acceptors (Lipinski definition) is 5. The predicted molar refractivity (Wildman–Crippen MR) is 72.9 cm³/mol. The van der Waals surface area contributed by atoms with Crippen LogP contribution in [-0.4, -0.2) is 9.97 Å². The molecule has 5 heteroatoms. The molecule has 0 radical (unpaired) electrons. The van der Waals surface area contributed by atoms with E-state index >= 15 is 0 Å². The van der Waals surface area contributed by atoms with Crippen molar-refractivity contribution in [1.82, 2.24) is 9.97 Å². The van der Waals surface area contributed by atoms with Crippen LogP contribution in [0, 0.1) is 6.92 Å². The molecule has 4 nitrogen and oxygen atoms in total. The van der Waals surface area contributed by atoms with Gasteiger partial charge in [-0.3, -0.25) is 0 Å². The highest BCUT2D eigenvalue weighted by molar-refractivity contribution is 7.22. The van der Waals surface area contributed by atoms with Crippen molar-refractivity contribution in [2.24, 2.45) is 0 Å². The second-order valence-corrected chi connectivity index (χ2v) is 5.19. The summed E-state index contributed by atoms with van der Waals surface area (Å²) in [7, 11) is 0. The van der Waals surface area contributed by atoms with Crippen molar-refractivity contribution < 1.29 is 4.42 Å². The summed E-state index contributed by atoms with van der Waals surface area (Å²) in [6.07, 6.45) is 1.73. The SMILES string of the molecule is Cc1cnc(C(C)Nc2nc3ccccc3s2)o1. The molecule has 0 aliphatic carbocycles. The number of hydrogen-bond donors (Lipinski definition) is 1. The largest absolute Gasteiger partial charge is 0.444 e. The number of anilines is 1. The molecule has 0 saturated carbocycles. The van der Waals surface area contributed by atoms with Crippen molar-refractivity contribution in [1.29, 1.82) is 0 Å². The number of aromatic nitrogens is 2. The molecule has 3 rings (SSSR count). The lowest BCUT2D eigenvalue weighted by Gasteiger charge is -2.07. The van der Waals surface area contributed by atoms with E-state index in [1.165, 1.54) is 4.70 Å². The molecule has 0 aliphatic rings. The van der Waals surface area contributed by atoms with E-state index < -0.39 is 0 Å². The fourth-order valence-corrected chi connectivity index (χ4v) is 2.71. The number of oxazole rings is 1. The number of fused-ring (bicyclic) bond motifs is 1. The van der Waals surface area contributed by atoms with Gasteiger partial charge in [-0.2, -0.15) is 0 Å². The quantitative estimate of drug-likeness (QED) is 0.778. The number of rotatable bonds is 3. The van der Waals surface area contributed by atoms with Gasteiger partial charge in [0, 0.05) is 0 Å². The first-order chi connectivity index (χ1) is 8.72. The van der Waals surface area contributed by atoms with Gasteiger partial charge in [0.25, 0.3) is 0 Å². The molecular formula is C13H13N3OS. The highest BCUT2D eigenvalue weighted by atomic mass is 32.1. The molecule has 1 N–H and O–H groups in total. The van der Waals surface area contributed by atoms with E-state index in [1.807, 2.05) is 32.0 Å². The molecule has 0 bridgehead atoms. The van der Waals surface area contributed by atoms with Crippen molar-refractivity contribution in [3.8, 4) is 0 Å². The summed E-state index contributed by atoms with van der Waals surface area (Å²) in [4.78, 5) is 8.74. The first-order valence-corrected chi connectivity index (χ1v) is 6.58. The van der Waals surface area contributed by atoms with Crippen molar-refractivity contribution in [2.45, 2.75) is 19.9 Å². The van der Waals surface area contributed by atoms with Gasteiger partial charge in [-0.15, -0.1) is 0 Å². The third-order valence-corrected chi connectivity index (χ3v) is 3.61. The number of para-hydroxylation sites is 1. The Balaban J connectivity index is 1.83. The van der Waals surface area contributed by atoms with E-state index in [1.54, 1.807) is 17.5 Å². The molecule has 2 aromatic heterocycles. The summed E-state index contributed by atoms with van der Waals surface area (Å²) >= 11 is 1.64. The van der Waals surface area contributed by atoms with Crippen LogP contribution >= 0.6 is 11.3 Å². The van der Waals surface area contributed by atoms with Gasteiger partial charge in [-0.25, -0.2) is 9.97 Å². The van der Waals surface area contributed by atoms with Crippen molar-refractivity contribution >= 4 is 26.7 Å². The first-order valence-electron chi connectivity index (χ1n) is 5.77. The predicted octanol–water partition coefficient (Wildman–Crippen LogP) is 3.77. The minimum Gasteiger partial charge on any atom is -0.444 e. The number of benzene rings is 1. The van der Waals surface area contributed by atoms with Crippen LogP contribution in [0.25, 0.3) is 10.2 Å². The lowest BCUT2D eigenvalue weighted by molar-refractivity contribution is 0.453. The summed E-state index contributed by atoms with van der Waals surface area (Å²) in [5, 5.41) is 4.20. The zero-order valence-corrected chi connectivity index (χ0v) is 11.0. The van der Waals surface area contributed by atoms with Gasteiger partial charge in [-0.1, -0.05) is 23.5 Å². The molecule has 1 atom stereocenters. The minimum atomic E-state index is 0.0132. The van der Waals surface area contributed by atoms with Crippen LogP contribution < -0.4 is 5.32 Å². The number of aryl methyl sites for hydroxylation is 1. The molecular weight excluding hydrogens is 246 g/mol. The van der Waals surface area contributed by atoms with E-state index in [-0.39, 0.29) is 6.04 Å². The van der Waals surface area contributed by atoms with Crippen LogP contribution in [-0.2, 0) is 0 Å². The Morgan fingerprint density at radius 2 is 2.17 bits per heavy atom. The maximum atomic E-state index is 5.49. The van der Waals surface area contributed by atoms with Crippen LogP contribution in [0.2, 0.25) is 0 Å². The van der Waals surface area contributed by atoms with Gasteiger partial charge in [0.05, 0.1) is 16.4 Å². The number of thiazole rings is 1. The third kappa shape index (κ3) is 2.09. The minimum absolute atomic E-state index is 0.0132. The monoisotopic (exact) mass is 259 g/mol. The van der Waals surface area contributed by atoms with Gasteiger partial charge < -0.3 is 9.73 Å². The van der Waals surface area contributed by atoms with Gasteiger partial charge in [0.1, 0.15) is 11.8 Å². The molecule has 0 amide bonds. The molecule has 0 aliphatic heterocycles. The van der Waals surface area contributed by atoms with Crippen LogP contribution in [0.4, 0.5) is 5.13 Å². The molecule has 18 heavy (non-hydrogen) atoms. The molecule has 0 saturated heterocycles. The normalized spacial score (nSPS) is 12.8. The zero-order valence-electron chi connectivity index (χ0n) is 10.2. The fourth-order valence-electron chi connectivity index (χ4n) is 1.75. The Labute approximate surface area is 109 Å².